The topological polar surface area (TPSA) is 106 Å². The monoisotopic (exact) mass is 330 g/mol. The molecule has 2 atom stereocenters. The number of hydrogen-bond donors (Lipinski definition) is 2. The van der Waals surface area contributed by atoms with Gasteiger partial charge in [0.15, 0.2) is 9.84 Å². The molecule has 1 aromatic rings. The second-order valence-corrected chi connectivity index (χ2v) is 9.40. The van der Waals surface area contributed by atoms with Crippen LogP contribution in [0.5, 0.6) is 0 Å². The third-order valence-corrected chi connectivity index (χ3v) is 7.90. The minimum absolute atomic E-state index is 0.138. The van der Waals surface area contributed by atoms with Gasteiger partial charge >= 0.3 is 0 Å². The van der Waals surface area contributed by atoms with Crippen LogP contribution in [0.2, 0.25) is 0 Å². The third-order valence-electron chi connectivity index (χ3n) is 2.89. The summed E-state index contributed by atoms with van der Waals surface area (Å²) < 4.78 is 69.9. The Morgan fingerprint density at radius 3 is 2.84 bits per heavy atom. The van der Waals surface area contributed by atoms with Crippen LogP contribution in [-0.4, -0.2) is 28.6 Å². The molecule has 1 aliphatic rings. The summed E-state index contributed by atoms with van der Waals surface area (Å²) >= 11 is 0.508. The van der Waals surface area contributed by atoms with Crippen molar-refractivity contribution in [3.8, 4) is 0 Å². The van der Waals surface area contributed by atoms with Crippen LogP contribution in [0.1, 0.15) is 35.9 Å². The molecule has 0 amide bonds. The fraction of sp³-hybridized carbons (Fsp3) is 0.600. The Labute approximate surface area is 121 Å². The van der Waals surface area contributed by atoms with E-state index in [0.29, 0.717) is 17.9 Å². The van der Waals surface area contributed by atoms with Gasteiger partial charge in [-0.1, -0.05) is 6.92 Å². The number of sulfonamides is 1. The normalized spacial score (nSPS) is 29.1. The van der Waals surface area contributed by atoms with E-state index in [-0.39, 0.29) is 20.4 Å². The third kappa shape index (κ3) is 2.57. The fourth-order valence-electron chi connectivity index (χ4n) is 2.01. The van der Waals surface area contributed by atoms with Crippen molar-refractivity contribution in [2.75, 3.05) is 6.54 Å². The standard InChI is InChI=1S/C10H16N2O4S3/c1-3-12-8-4-6(2)18(13,14)10-7(8)5-9(17-10)19(11,15)16/h5-6,8,12H,3-4H2,1-2H3,(H2,11,15,16)/t6-,8+/m1/s1/i2T3. The van der Waals surface area contributed by atoms with Gasteiger partial charge in [-0.15, -0.1) is 11.3 Å². The van der Waals surface area contributed by atoms with Gasteiger partial charge < -0.3 is 5.32 Å². The number of sulfone groups is 1. The van der Waals surface area contributed by atoms with E-state index in [1.807, 2.05) is 0 Å². The van der Waals surface area contributed by atoms with Gasteiger partial charge in [0.05, 0.1) is 5.25 Å². The van der Waals surface area contributed by atoms with E-state index in [1.165, 1.54) is 6.07 Å². The molecule has 0 saturated carbocycles. The molecule has 0 radical (unpaired) electrons. The number of nitrogens with one attached hydrogen (secondary N) is 1. The molecular weight excluding hydrogens is 308 g/mol. The molecule has 19 heavy (non-hydrogen) atoms. The highest BCUT2D eigenvalue weighted by Gasteiger charge is 2.39. The first-order chi connectivity index (χ1) is 9.89. The quantitative estimate of drug-likeness (QED) is 0.844. The lowest BCUT2D eigenvalue weighted by molar-refractivity contribution is 0.477. The molecule has 0 aromatic carbocycles. The first kappa shape index (κ1) is 11.2. The van der Waals surface area contributed by atoms with E-state index in [2.05, 4.69) is 5.32 Å². The molecule has 0 spiro atoms. The number of fused-ring (bicyclic) bond motifs is 1. The van der Waals surface area contributed by atoms with Crippen molar-refractivity contribution in [1.29, 1.82) is 0 Å². The van der Waals surface area contributed by atoms with Gasteiger partial charge in [-0.2, -0.15) is 0 Å². The average molecular weight is 330 g/mol. The Balaban J connectivity index is 2.68. The summed E-state index contributed by atoms with van der Waals surface area (Å²) in [5.74, 6) is 0. The minimum atomic E-state index is -4.14. The summed E-state index contributed by atoms with van der Waals surface area (Å²) in [7, 11) is -8.19. The molecule has 2 rings (SSSR count). The first-order valence-electron chi connectivity index (χ1n) is 7.03. The SMILES string of the molecule is [3H]C([3H])([3H])[C@@H]1C[C@H](NCC)c2cc(S(N)(=O)=O)sc2S1(=O)=O. The van der Waals surface area contributed by atoms with Crippen molar-refractivity contribution < 1.29 is 20.9 Å². The number of primary sulfonamides is 1. The van der Waals surface area contributed by atoms with Crippen molar-refractivity contribution in [1.82, 2.24) is 5.32 Å². The summed E-state index contributed by atoms with van der Waals surface area (Å²) in [4.78, 5) is 0. The molecule has 0 unspecified atom stereocenters. The van der Waals surface area contributed by atoms with E-state index in [4.69, 9.17) is 9.25 Å². The highest BCUT2D eigenvalue weighted by Crippen LogP contribution is 2.42. The van der Waals surface area contributed by atoms with Gasteiger partial charge in [-0.25, -0.2) is 22.0 Å². The van der Waals surface area contributed by atoms with Gasteiger partial charge in [-0.3, -0.25) is 0 Å². The van der Waals surface area contributed by atoms with Crippen LogP contribution in [0.25, 0.3) is 0 Å². The zero-order valence-electron chi connectivity index (χ0n) is 13.1. The lowest BCUT2D eigenvalue weighted by Gasteiger charge is -2.27. The molecule has 3 N–H and O–H groups in total. The van der Waals surface area contributed by atoms with Crippen molar-refractivity contribution in [3.63, 3.8) is 0 Å². The van der Waals surface area contributed by atoms with Crippen molar-refractivity contribution in [3.05, 3.63) is 11.6 Å². The molecule has 9 heteroatoms. The lowest BCUT2D eigenvalue weighted by Crippen LogP contribution is -2.33. The maximum Gasteiger partial charge on any atom is 0.247 e. The fourth-order valence-corrected chi connectivity index (χ4v) is 6.18. The predicted octanol–water partition coefficient (Wildman–Crippen LogP) is 0.612. The van der Waals surface area contributed by atoms with Gasteiger partial charge in [0, 0.05) is 15.7 Å². The minimum Gasteiger partial charge on any atom is -0.310 e. The Morgan fingerprint density at radius 2 is 2.32 bits per heavy atom. The smallest absolute Gasteiger partial charge is 0.247 e. The van der Waals surface area contributed by atoms with Crippen LogP contribution in [-0.2, 0) is 19.9 Å². The van der Waals surface area contributed by atoms with Gasteiger partial charge in [0.1, 0.15) is 8.42 Å². The van der Waals surface area contributed by atoms with Crippen LogP contribution in [0.4, 0.5) is 0 Å². The number of hydrogen-bond acceptors (Lipinski definition) is 6. The highest BCUT2D eigenvalue weighted by atomic mass is 32.3. The number of rotatable bonds is 3. The van der Waals surface area contributed by atoms with Crippen LogP contribution in [0.3, 0.4) is 0 Å². The maximum atomic E-state index is 12.5. The summed E-state index contributed by atoms with van der Waals surface area (Å²) in [6, 6.07) is 0.677. The van der Waals surface area contributed by atoms with E-state index >= 15 is 0 Å². The van der Waals surface area contributed by atoms with E-state index in [9.17, 15) is 16.8 Å². The Kier molecular flexibility index (Phi) is 2.84. The zero-order valence-corrected chi connectivity index (χ0v) is 12.5. The van der Waals surface area contributed by atoms with Crippen molar-refractivity contribution >= 4 is 31.2 Å². The Bertz CT molecular complexity index is 783. The molecule has 2 heterocycles. The highest BCUT2D eigenvalue weighted by molar-refractivity contribution is 7.95. The number of nitrogens with two attached hydrogens (primary N) is 1. The second kappa shape index (κ2) is 4.81. The van der Waals surface area contributed by atoms with Gasteiger partial charge in [0.25, 0.3) is 0 Å². The number of thiophene rings is 1. The second-order valence-electron chi connectivity index (χ2n) is 4.23. The molecule has 0 saturated heterocycles. The molecule has 0 fully saturated rings. The van der Waals surface area contributed by atoms with Crippen molar-refractivity contribution in [2.24, 2.45) is 5.14 Å². The van der Waals surface area contributed by atoms with Crippen LogP contribution < -0.4 is 10.5 Å². The van der Waals surface area contributed by atoms with Gasteiger partial charge in [-0.05, 0) is 25.9 Å². The molecule has 0 bridgehead atoms. The van der Waals surface area contributed by atoms with E-state index in [0.717, 1.165) is 0 Å². The lowest BCUT2D eigenvalue weighted by atomic mass is 10.1. The van der Waals surface area contributed by atoms with Crippen LogP contribution in [0, 0.1) is 0 Å². The summed E-state index contributed by atoms with van der Waals surface area (Å²) in [6.45, 7) is -0.408. The molecule has 6 nitrogen and oxygen atoms in total. The first-order valence-corrected chi connectivity index (χ1v) is 9.43. The molecule has 108 valence electrons. The maximum absolute atomic E-state index is 12.5. The molecule has 0 aliphatic carbocycles. The van der Waals surface area contributed by atoms with Crippen LogP contribution in [0.15, 0.2) is 14.5 Å². The summed E-state index contributed by atoms with van der Waals surface area (Å²) in [6.07, 6.45) is -0.138. The molecular formula is C10H16N2O4S3. The van der Waals surface area contributed by atoms with Gasteiger partial charge in [0.2, 0.25) is 10.0 Å². The molecule has 1 aliphatic heterocycles. The predicted molar refractivity (Wildman–Crippen MR) is 73.4 cm³/mol. The van der Waals surface area contributed by atoms with Crippen molar-refractivity contribution in [2.45, 2.75) is 39.9 Å². The average Bonchev–Trinajstić information content (AvgIpc) is 2.77. The zero-order chi connectivity index (χ0) is 16.9. The largest absolute Gasteiger partial charge is 0.310 e. The van der Waals surface area contributed by atoms with E-state index in [1.54, 1.807) is 6.92 Å². The summed E-state index contributed by atoms with van der Waals surface area (Å²) in [5, 5.41) is 6.49. The Morgan fingerprint density at radius 1 is 1.63 bits per heavy atom. The van der Waals surface area contributed by atoms with E-state index < -0.39 is 38.0 Å². The Hall–Kier alpha value is -0.480. The van der Waals surface area contributed by atoms with Crippen LogP contribution >= 0.6 is 11.3 Å². The molecule has 1 aromatic heterocycles. The summed E-state index contributed by atoms with van der Waals surface area (Å²) in [5.41, 5.74) is 0.274.